The van der Waals surface area contributed by atoms with Crippen molar-refractivity contribution in [3.8, 4) is 11.5 Å². The molecule has 0 spiro atoms. The second kappa shape index (κ2) is 6.41. The van der Waals surface area contributed by atoms with Crippen LogP contribution in [0.25, 0.3) is 0 Å². The molecule has 0 fully saturated rings. The lowest BCUT2D eigenvalue weighted by atomic mass is 10.1. The fourth-order valence-electron chi connectivity index (χ4n) is 2.22. The summed E-state index contributed by atoms with van der Waals surface area (Å²) < 4.78 is 5.99. The number of methoxy groups -OCH3 is 1. The zero-order chi connectivity index (χ0) is 13.8. The number of hydrogen-bond donors (Lipinski definition) is 3. The molecule has 0 heterocycles. The minimum atomic E-state index is 0.166. The number of hydrogen-bond acceptors (Lipinski definition) is 4. The van der Waals surface area contributed by atoms with Crippen molar-refractivity contribution in [3.05, 3.63) is 34.3 Å². The molecule has 0 radical (unpaired) electrons. The summed E-state index contributed by atoms with van der Waals surface area (Å²) in [6, 6.07) is 3.84. The van der Waals surface area contributed by atoms with Crippen LogP contribution in [-0.2, 0) is 6.54 Å². The van der Waals surface area contributed by atoms with Crippen LogP contribution >= 0.6 is 15.9 Å². The van der Waals surface area contributed by atoms with Gasteiger partial charge in [0, 0.05) is 35.1 Å². The van der Waals surface area contributed by atoms with E-state index < -0.39 is 0 Å². The highest BCUT2D eigenvalue weighted by molar-refractivity contribution is 9.10. The van der Waals surface area contributed by atoms with E-state index in [1.807, 2.05) is 12.1 Å². The number of rotatable bonds is 5. The minimum absolute atomic E-state index is 0.166. The minimum Gasteiger partial charge on any atom is -0.504 e. The molecule has 0 saturated carbocycles. The van der Waals surface area contributed by atoms with Gasteiger partial charge in [-0.15, -0.1) is 0 Å². The Morgan fingerprint density at radius 1 is 1.42 bits per heavy atom. The third-order valence-corrected chi connectivity index (χ3v) is 3.76. The zero-order valence-electron chi connectivity index (χ0n) is 10.8. The highest BCUT2D eigenvalue weighted by atomic mass is 79.9. The lowest BCUT2D eigenvalue weighted by molar-refractivity contribution is 0.246. The van der Waals surface area contributed by atoms with Crippen LogP contribution in [0.4, 0.5) is 0 Å². The van der Waals surface area contributed by atoms with Gasteiger partial charge in [-0.3, -0.25) is 0 Å². The smallest absolute Gasteiger partial charge is 0.162 e. The van der Waals surface area contributed by atoms with Gasteiger partial charge in [-0.25, -0.2) is 0 Å². The van der Waals surface area contributed by atoms with E-state index in [0.717, 1.165) is 16.5 Å². The molecule has 0 aromatic heterocycles. The molecule has 0 saturated heterocycles. The summed E-state index contributed by atoms with van der Waals surface area (Å²) in [5.41, 5.74) is 0.784. The third kappa shape index (κ3) is 3.49. The van der Waals surface area contributed by atoms with Crippen LogP contribution in [0.2, 0.25) is 0 Å². The molecular weight excluding hydrogens is 310 g/mol. The number of benzene rings is 1. The van der Waals surface area contributed by atoms with E-state index in [0.29, 0.717) is 12.3 Å². The molecular formula is C14H18BrNO3. The normalized spacial score (nSPS) is 21.8. The third-order valence-electron chi connectivity index (χ3n) is 3.30. The van der Waals surface area contributed by atoms with Crippen molar-refractivity contribution in [3.63, 3.8) is 0 Å². The fraction of sp³-hybridized carbons (Fsp3) is 0.429. The van der Waals surface area contributed by atoms with Gasteiger partial charge in [0.15, 0.2) is 11.5 Å². The van der Waals surface area contributed by atoms with E-state index in [2.05, 4.69) is 27.3 Å². The molecule has 0 amide bonds. The van der Waals surface area contributed by atoms with Gasteiger partial charge < -0.3 is 20.3 Å². The van der Waals surface area contributed by atoms with Gasteiger partial charge in [0.2, 0.25) is 0 Å². The van der Waals surface area contributed by atoms with Gasteiger partial charge in [-0.05, 0) is 18.6 Å². The molecule has 2 rings (SSSR count). The average Bonchev–Trinajstić information content (AvgIpc) is 2.87. The lowest BCUT2D eigenvalue weighted by Crippen LogP contribution is -2.26. The quantitative estimate of drug-likeness (QED) is 0.725. The summed E-state index contributed by atoms with van der Waals surface area (Å²) in [6.45, 7) is 0.736. The molecule has 0 bridgehead atoms. The summed E-state index contributed by atoms with van der Waals surface area (Å²) in [5.74, 6) is 0.864. The molecule has 0 aliphatic heterocycles. The number of aliphatic hydroxyl groups is 1. The fourth-order valence-corrected chi connectivity index (χ4v) is 2.71. The molecule has 1 aliphatic rings. The van der Waals surface area contributed by atoms with E-state index in [1.165, 1.54) is 7.11 Å². The molecule has 1 aromatic rings. The number of phenols is 1. The predicted molar refractivity (Wildman–Crippen MR) is 77.3 cm³/mol. The second-order valence-electron chi connectivity index (χ2n) is 4.67. The van der Waals surface area contributed by atoms with Crippen LogP contribution in [0.1, 0.15) is 12.0 Å². The Morgan fingerprint density at radius 2 is 2.21 bits per heavy atom. The van der Waals surface area contributed by atoms with Gasteiger partial charge in [-0.2, -0.15) is 0 Å². The molecule has 5 heteroatoms. The van der Waals surface area contributed by atoms with E-state index in [9.17, 15) is 5.11 Å². The Balaban J connectivity index is 2.00. The van der Waals surface area contributed by atoms with Gasteiger partial charge in [0.25, 0.3) is 0 Å². The summed E-state index contributed by atoms with van der Waals surface area (Å²) in [5, 5.41) is 22.5. The van der Waals surface area contributed by atoms with Crippen LogP contribution in [0, 0.1) is 5.92 Å². The number of aliphatic hydroxyl groups excluding tert-OH is 1. The predicted octanol–water partition coefficient (Wildman–Crippen LogP) is 2.19. The first-order valence-corrected chi connectivity index (χ1v) is 7.01. The number of ether oxygens (including phenoxy) is 1. The van der Waals surface area contributed by atoms with Crippen LogP contribution in [0.3, 0.4) is 0 Å². The second-order valence-corrected chi connectivity index (χ2v) is 5.58. The van der Waals surface area contributed by atoms with Crippen molar-refractivity contribution in [1.82, 2.24) is 5.32 Å². The Hall–Kier alpha value is -1.04. The van der Waals surface area contributed by atoms with Crippen LogP contribution < -0.4 is 10.1 Å². The Morgan fingerprint density at radius 3 is 2.84 bits per heavy atom. The van der Waals surface area contributed by atoms with Crippen molar-refractivity contribution in [2.75, 3.05) is 13.7 Å². The van der Waals surface area contributed by atoms with E-state index in [-0.39, 0.29) is 24.3 Å². The number of halogens is 1. The molecule has 1 aromatic carbocycles. The number of phenolic OH excluding ortho intramolecular Hbond substituents is 1. The zero-order valence-corrected chi connectivity index (χ0v) is 12.4. The van der Waals surface area contributed by atoms with E-state index >= 15 is 0 Å². The molecule has 3 N–H and O–H groups in total. The SMILES string of the molecule is COc1cc(Br)cc(CN[C@@H]2C=C[C@H](CO)C2)c1O. The van der Waals surface area contributed by atoms with Gasteiger partial charge in [0.1, 0.15) is 0 Å². The molecule has 1 aliphatic carbocycles. The van der Waals surface area contributed by atoms with Gasteiger partial charge >= 0.3 is 0 Å². The molecule has 2 atom stereocenters. The topological polar surface area (TPSA) is 61.7 Å². The maximum atomic E-state index is 10.0. The maximum absolute atomic E-state index is 10.0. The summed E-state index contributed by atoms with van der Waals surface area (Å²) in [4.78, 5) is 0. The summed E-state index contributed by atoms with van der Waals surface area (Å²) in [6.07, 6.45) is 4.98. The summed E-state index contributed by atoms with van der Waals surface area (Å²) >= 11 is 3.40. The highest BCUT2D eigenvalue weighted by Gasteiger charge is 2.18. The first-order valence-electron chi connectivity index (χ1n) is 6.22. The average molecular weight is 328 g/mol. The molecule has 104 valence electrons. The van der Waals surface area contributed by atoms with Crippen molar-refractivity contribution in [1.29, 1.82) is 0 Å². The van der Waals surface area contributed by atoms with Crippen molar-refractivity contribution in [2.24, 2.45) is 5.92 Å². The van der Waals surface area contributed by atoms with Crippen molar-refractivity contribution in [2.45, 2.75) is 19.0 Å². The Bertz CT molecular complexity index is 476. The molecule has 4 nitrogen and oxygen atoms in total. The highest BCUT2D eigenvalue weighted by Crippen LogP contribution is 2.33. The molecule has 19 heavy (non-hydrogen) atoms. The lowest BCUT2D eigenvalue weighted by Gasteiger charge is -2.15. The number of nitrogens with one attached hydrogen (secondary N) is 1. The molecule has 0 unspecified atom stereocenters. The van der Waals surface area contributed by atoms with E-state index in [1.54, 1.807) is 6.07 Å². The van der Waals surface area contributed by atoms with Crippen LogP contribution in [-0.4, -0.2) is 30.0 Å². The van der Waals surface area contributed by atoms with Gasteiger partial charge in [0.05, 0.1) is 7.11 Å². The number of aromatic hydroxyl groups is 1. The standard InChI is InChI=1S/C14H18BrNO3/c1-19-13-6-11(15)5-10(14(13)18)7-16-12-3-2-9(4-12)8-17/h2-3,5-6,9,12,16-18H,4,7-8H2,1H3/t9-,12+/m0/s1. The van der Waals surface area contributed by atoms with Crippen molar-refractivity contribution >= 4 is 15.9 Å². The van der Waals surface area contributed by atoms with Crippen LogP contribution in [0.15, 0.2) is 28.8 Å². The first kappa shape index (κ1) is 14.4. The maximum Gasteiger partial charge on any atom is 0.162 e. The van der Waals surface area contributed by atoms with Crippen molar-refractivity contribution < 1.29 is 14.9 Å². The van der Waals surface area contributed by atoms with Gasteiger partial charge in [-0.1, -0.05) is 28.1 Å². The Labute approximate surface area is 121 Å². The summed E-state index contributed by atoms with van der Waals surface area (Å²) in [7, 11) is 1.53. The largest absolute Gasteiger partial charge is 0.504 e. The monoisotopic (exact) mass is 327 g/mol. The van der Waals surface area contributed by atoms with E-state index in [4.69, 9.17) is 9.84 Å². The van der Waals surface area contributed by atoms with Crippen LogP contribution in [0.5, 0.6) is 11.5 Å². The first-order chi connectivity index (χ1) is 9.13. The Kier molecular flexibility index (Phi) is 4.85.